The Morgan fingerprint density at radius 1 is 1.40 bits per heavy atom. The average Bonchev–Trinajstić information content (AvgIpc) is 2.81. The van der Waals surface area contributed by atoms with Crippen molar-refractivity contribution < 1.29 is 9.21 Å². The quantitative estimate of drug-likeness (QED) is 0.900. The summed E-state index contributed by atoms with van der Waals surface area (Å²) in [6.45, 7) is 8.42. The van der Waals surface area contributed by atoms with Gasteiger partial charge in [0.2, 0.25) is 0 Å². The van der Waals surface area contributed by atoms with Gasteiger partial charge >= 0.3 is 0 Å². The molecule has 20 heavy (non-hydrogen) atoms. The van der Waals surface area contributed by atoms with Crippen molar-refractivity contribution in [1.29, 1.82) is 0 Å². The van der Waals surface area contributed by atoms with E-state index in [1.165, 1.54) is 0 Å². The van der Waals surface area contributed by atoms with E-state index in [-0.39, 0.29) is 11.8 Å². The molecule has 0 aliphatic rings. The highest BCUT2D eigenvalue weighted by Crippen LogP contribution is 2.22. The van der Waals surface area contributed by atoms with Gasteiger partial charge in [-0.25, -0.2) is 0 Å². The van der Waals surface area contributed by atoms with Crippen molar-refractivity contribution in [3.63, 3.8) is 0 Å². The van der Waals surface area contributed by atoms with E-state index in [0.29, 0.717) is 12.3 Å². The van der Waals surface area contributed by atoms with Gasteiger partial charge in [-0.2, -0.15) is 0 Å². The molecule has 0 bridgehead atoms. The lowest BCUT2D eigenvalue weighted by Crippen LogP contribution is -2.54. The van der Waals surface area contributed by atoms with Gasteiger partial charge in [-0.1, -0.05) is 25.5 Å². The van der Waals surface area contributed by atoms with Gasteiger partial charge in [-0.3, -0.25) is 4.79 Å². The number of amides is 1. The number of carbonyl (C=O) groups excluding carboxylic acids is 1. The van der Waals surface area contributed by atoms with Crippen LogP contribution in [-0.4, -0.2) is 18.0 Å². The van der Waals surface area contributed by atoms with Crippen LogP contribution in [0, 0.1) is 12.8 Å². The van der Waals surface area contributed by atoms with Crippen molar-refractivity contribution in [2.24, 2.45) is 11.7 Å². The van der Waals surface area contributed by atoms with E-state index < -0.39 is 5.54 Å². The molecule has 1 atom stereocenters. The van der Waals surface area contributed by atoms with Crippen molar-refractivity contribution >= 4 is 16.9 Å². The number of benzene rings is 1. The molecule has 0 saturated heterocycles. The fourth-order valence-corrected chi connectivity index (χ4v) is 2.03. The molecule has 2 aromatic rings. The molecular formula is C16H22N2O2. The Morgan fingerprint density at radius 3 is 2.70 bits per heavy atom. The molecule has 0 aliphatic carbocycles. The normalized spacial score (nSPS) is 14.5. The standard InChI is InChI=1S/C16H22N2O2/c1-10(2)16(4,9-17)18-15(19)14-8-12-7-11(3)5-6-13(12)20-14/h5-8,10H,9,17H2,1-4H3,(H,18,19). The number of aryl methyl sites for hydroxylation is 1. The lowest BCUT2D eigenvalue weighted by molar-refractivity contribution is 0.0856. The first-order valence-corrected chi connectivity index (χ1v) is 6.88. The molecule has 0 aliphatic heterocycles. The first-order valence-electron chi connectivity index (χ1n) is 6.88. The molecule has 1 aromatic heterocycles. The average molecular weight is 274 g/mol. The fourth-order valence-electron chi connectivity index (χ4n) is 2.03. The smallest absolute Gasteiger partial charge is 0.287 e. The van der Waals surface area contributed by atoms with E-state index in [1.54, 1.807) is 6.07 Å². The molecular weight excluding hydrogens is 252 g/mol. The summed E-state index contributed by atoms with van der Waals surface area (Å²) in [4.78, 5) is 12.3. The second-order valence-corrected chi connectivity index (χ2v) is 5.88. The molecule has 0 fully saturated rings. The van der Waals surface area contributed by atoms with Crippen LogP contribution in [0.25, 0.3) is 11.0 Å². The lowest BCUT2D eigenvalue weighted by atomic mass is 9.88. The number of hydrogen-bond donors (Lipinski definition) is 2. The van der Waals surface area contributed by atoms with Gasteiger partial charge in [-0.15, -0.1) is 0 Å². The van der Waals surface area contributed by atoms with Gasteiger partial charge in [-0.05, 0) is 38.0 Å². The zero-order chi connectivity index (χ0) is 14.9. The summed E-state index contributed by atoms with van der Waals surface area (Å²) in [7, 11) is 0. The second-order valence-electron chi connectivity index (χ2n) is 5.88. The Hall–Kier alpha value is -1.81. The number of nitrogens with one attached hydrogen (secondary N) is 1. The molecule has 2 rings (SSSR count). The third-order valence-corrected chi connectivity index (χ3v) is 3.99. The van der Waals surface area contributed by atoms with Gasteiger partial charge in [0.15, 0.2) is 5.76 Å². The van der Waals surface area contributed by atoms with E-state index in [0.717, 1.165) is 16.5 Å². The number of hydrogen-bond acceptors (Lipinski definition) is 3. The maximum atomic E-state index is 12.3. The Kier molecular flexibility index (Phi) is 3.86. The predicted molar refractivity (Wildman–Crippen MR) is 80.7 cm³/mol. The maximum Gasteiger partial charge on any atom is 0.287 e. The van der Waals surface area contributed by atoms with Crippen LogP contribution in [0.4, 0.5) is 0 Å². The van der Waals surface area contributed by atoms with Crippen molar-refractivity contribution in [3.05, 3.63) is 35.6 Å². The monoisotopic (exact) mass is 274 g/mol. The van der Waals surface area contributed by atoms with E-state index in [2.05, 4.69) is 5.32 Å². The van der Waals surface area contributed by atoms with E-state index in [9.17, 15) is 4.79 Å². The Morgan fingerprint density at radius 2 is 2.10 bits per heavy atom. The largest absolute Gasteiger partial charge is 0.451 e. The highest BCUT2D eigenvalue weighted by molar-refractivity contribution is 5.96. The summed E-state index contributed by atoms with van der Waals surface area (Å²) in [6.07, 6.45) is 0. The minimum Gasteiger partial charge on any atom is -0.451 e. The van der Waals surface area contributed by atoms with Crippen molar-refractivity contribution in [3.8, 4) is 0 Å². The lowest BCUT2D eigenvalue weighted by Gasteiger charge is -2.33. The summed E-state index contributed by atoms with van der Waals surface area (Å²) < 4.78 is 5.60. The van der Waals surface area contributed by atoms with Crippen LogP contribution in [0.3, 0.4) is 0 Å². The zero-order valence-corrected chi connectivity index (χ0v) is 12.5. The summed E-state index contributed by atoms with van der Waals surface area (Å²) in [5.41, 5.74) is 7.21. The second kappa shape index (κ2) is 5.29. The van der Waals surface area contributed by atoms with Gasteiger partial charge in [0.25, 0.3) is 5.91 Å². The SMILES string of the molecule is Cc1ccc2oc(C(=O)NC(C)(CN)C(C)C)cc2c1. The molecule has 0 saturated carbocycles. The van der Waals surface area contributed by atoms with Crippen LogP contribution >= 0.6 is 0 Å². The highest BCUT2D eigenvalue weighted by atomic mass is 16.3. The van der Waals surface area contributed by atoms with Crippen LogP contribution < -0.4 is 11.1 Å². The third kappa shape index (κ3) is 2.70. The number of nitrogens with two attached hydrogens (primary N) is 1. The molecule has 1 unspecified atom stereocenters. The van der Waals surface area contributed by atoms with E-state index in [4.69, 9.17) is 10.2 Å². The first-order chi connectivity index (χ1) is 9.35. The number of rotatable bonds is 4. The van der Waals surface area contributed by atoms with Crippen LogP contribution in [0.2, 0.25) is 0 Å². The van der Waals surface area contributed by atoms with Gasteiger partial charge in [0.05, 0.1) is 5.54 Å². The summed E-state index contributed by atoms with van der Waals surface area (Å²) in [5, 5.41) is 3.92. The van der Waals surface area contributed by atoms with Gasteiger partial charge < -0.3 is 15.5 Å². The summed E-state index contributed by atoms with van der Waals surface area (Å²) in [5.74, 6) is 0.342. The van der Waals surface area contributed by atoms with Crippen LogP contribution in [-0.2, 0) is 0 Å². The van der Waals surface area contributed by atoms with Crippen LogP contribution in [0.5, 0.6) is 0 Å². The molecule has 0 spiro atoms. The van der Waals surface area contributed by atoms with Crippen LogP contribution in [0.15, 0.2) is 28.7 Å². The van der Waals surface area contributed by atoms with E-state index >= 15 is 0 Å². The molecule has 0 radical (unpaired) electrons. The molecule has 4 heteroatoms. The molecule has 108 valence electrons. The topological polar surface area (TPSA) is 68.3 Å². The van der Waals surface area contributed by atoms with Crippen LogP contribution in [0.1, 0.15) is 36.9 Å². The maximum absolute atomic E-state index is 12.3. The zero-order valence-electron chi connectivity index (χ0n) is 12.5. The summed E-state index contributed by atoms with van der Waals surface area (Å²) in [6, 6.07) is 7.62. The predicted octanol–water partition coefficient (Wildman–Crippen LogP) is 2.84. The third-order valence-electron chi connectivity index (χ3n) is 3.99. The van der Waals surface area contributed by atoms with Crippen molar-refractivity contribution in [1.82, 2.24) is 5.32 Å². The fraction of sp³-hybridized carbons (Fsp3) is 0.438. The molecule has 4 nitrogen and oxygen atoms in total. The molecule has 1 amide bonds. The number of carbonyl (C=O) groups is 1. The van der Waals surface area contributed by atoms with Gasteiger partial charge in [0, 0.05) is 11.9 Å². The number of furan rings is 1. The van der Waals surface area contributed by atoms with Crippen molar-refractivity contribution in [2.75, 3.05) is 6.54 Å². The minimum absolute atomic E-state index is 0.222. The van der Waals surface area contributed by atoms with E-state index in [1.807, 2.05) is 45.9 Å². The first kappa shape index (κ1) is 14.6. The highest BCUT2D eigenvalue weighted by Gasteiger charge is 2.30. The Labute approximate surface area is 119 Å². The van der Waals surface area contributed by atoms with Crippen molar-refractivity contribution in [2.45, 2.75) is 33.2 Å². The molecule has 1 aromatic carbocycles. The van der Waals surface area contributed by atoms with Gasteiger partial charge in [0.1, 0.15) is 5.58 Å². The molecule has 3 N–H and O–H groups in total. The Bertz CT molecular complexity index is 630. The Balaban J connectivity index is 2.27. The molecule has 1 heterocycles. The minimum atomic E-state index is -0.439. The summed E-state index contributed by atoms with van der Waals surface area (Å²) >= 11 is 0. The number of fused-ring (bicyclic) bond motifs is 1.